The minimum atomic E-state index is -0.103. The molecule has 0 aromatic carbocycles. The Kier molecular flexibility index (Phi) is 3.37. The van der Waals surface area contributed by atoms with E-state index < -0.39 is 0 Å². The van der Waals surface area contributed by atoms with Gasteiger partial charge in [0.05, 0.1) is 18.4 Å². The van der Waals surface area contributed by atoms with Crippen LogP contribution in [0.25, 0.3) is 5.65 Å². The molecule has 0 atom stereocenters. The highest BCUT2D eigenvalue weighted by Crippen LogP contribution is 2.40. The molecule has 118 valence electrons. The zero-order valence-corrected chi connectivity index (χ0v) is 13.0. The summed E-state index contributed by atoms with van der Waals surface area (Å²) in [6.45, 7) is 3.06. The molecule has 0 spiro atoms. The van der Waals surface area contributed by atoms with E-state index in [2.05, 4.69) is 10.1 Å². The number of hydrogen-bond donors (Lipinski definition) is 0. The lowest BCUT2D eigenvalue weighted by molar-refractivity contribution is 0.0739. The van der Waals surface area contributed by atoms with Crippen LogP contribution in [0.2, 0.25) is 0 Å². The highest BCUT2D eigenvalue weighted by molar-refractivity contribution is 5.92. The van der Waals surface area contributed by atoms with Crippen LogP contribution in [0.5, 0.6) is 0 Å². The summed E-state index contributed by atoms with van der Waals surface area (Å²) in [5, 5.41) is 3.95. The molecule has 0 saturated heterocycles. The molecule has 1 aliphatic carbocycles. The summed E-state index contributed by atoms with van der Waals surface area (Å²) >= 11 is 0. The molecule has 0 bridgehead atoms. The van der Waals surface area contributed by atoms with Gasteiger partial charge >= 0.3 is 0 Å². The van der Waals surface area contributed by atoms with Gasteiger partial charge in [0.1, 0.15) is 11.4 Å². The number of aromatic nitrogens is 3. The summed E-state index contributed by atoms with van der Waals surface area (Å²) in [5.41, 5.74) is 2.24. The molecule has 6 nitrogen and oxygen atoms in total. The fourth-order valence-electron chi connectivity index (χ4n) is 2.74. The number of hydrogen-bond acceptors (Lipinski definition) is 4. The monoisotopic (exact) mass is 310 g/mol. The Bertz CT molecular complexity index is 847. The van der Waals surface area contributed by atoms with Gasteiger partial charge < -0.3 is 13.8 Å². The van der Waals surface area contributed by atoms with Crippen LogP contribution >= 0.6 is 0 Å². The SMILES string of the molecule is CCN(Cc1cnc2ccccn12)C(=O)c1cc(C2CC2)on1. The zero-order chi connectivity index (χ0) is 15.8. The molecule has 4 rings (SSSR count). The average Bonchev–Trinajstić information content (AvgIpc) is 3.18. The van der Waals surface area contributed by atoms with Crippen LogP contribution in [-0.2, 0) is 6.54 Å². The van der Waals surface area contributed by atoms with E-state index in [0.29, 0.717) is 24.7 Å². The first-order valence-electron chi connectivity index (χ1n) is 7.93. The number of rotatable bonds is 5. The average molecular weight is 310 g/mol. The Balaban J connectivity index is 1.56. The maximum atomic E-state index is 12.7. The predicted molar refractivity (Wildman–Crippen MR) is 84.1 cm³/mol. The third kappa shape index (κ3) is 2.60. The van der Waals surface area contributed by atoms with Gasteiger partial charge in [0.25, 0.3) is 5.91 Å². The van der Waals surface area contributed by atoms with Crippen LogP contribution in [-0.4, -0.2) is 31.9 Å². The van der Waals surface area contributed by atoms with Gasteiger partial charge in [0, 0.05) is 24.7 Å². The first-order valence-corrected chi connectivity index (χ1v) is 7.93. The lowest BCUT2D eigenvalue weighted by atomic mass is 10.2. The van der Waals surface area contributed by atoms with Crippen LogP contribution in [0.15, 0.2) is 41.2 Å². The van der Waals surface area contributed by atoms with E-state index in [-0.39, 0.29) is 5.91 Å². The summed E-state index contributed by atoms with van der Waals surface area (Å²) in [5.74, 6) is 1.19. The number of imidazole rings is 1. The van der Waals surface area contributed by atoms with Crippen molar-refractivity contribution < 1.29 is 9.32 Å². The molecule has 3 aromatic heterocycles. The van der Waals surface area contributed by atoms with Crippen molar-refractivity contribution in [1.82, 2.24) is 19.4 Å². The molecule has 1 saturated carbocycles. The van der Waals surface area contributed by atoms with Crippen LogP contribution in [0.4, 0.5) is 0 Å². The smallest absolute Gasteiger partial charge is 0.276 e. The van der Waals surface area contributed by atoms with Gasteiger partial charge in [-0.15, -0.1) is 0 Å². The Morgan fingerprint density at radius 1 is 1.43 bits per heavy atom. The fourth-order valence-corrected chi connectivity index (χ4v) is 2.74. The first-order chi connectivity index (χ1) is 11.3. The Labute approximate surface area is 133 Å². The summed E-state index contributed by atoms with van der Waals surface area (Å²) in [4.78, 5) is 18.8. The van der Waals surface area contributed by atoms with E-state index in [1.807, 2.05) is 41.9 Å². The second-order valence-electron chi connectivity index (χ2n) is 5.89. The summed E-state index contributed by atoms with van der Waals surface area (Å²) in [6.07, 6.45) is 6.02. The highest BCUT2D eigenvalue weighted by Gasteiger charge is 2.29. The van der Waals surface area contributed by atoms with Crippen molar-refractivity contribution in [2.75, 3.05) is 6.54 Å². The molecule has 1 aliphatic rings. The first kappa shape index (κ1) is 14.0. The van der Waals surface area contributed by atoms with Gasteiger partial charge in [-0.25, -0.2) is 4.98 Å². The van der Waals surface area contributed by atoms with Gasteiger partial charge in [-0.1, -0.05) is 11.2 Å². The number of carbonyl (C=O) groups is 1. The highest BCUT2D eigenvalue weighted by atomic mass is 16.5. The second kappa shape index (κ2) is 5.53. The molecule has 0 aliphatic heterocycles. The van der Waals surface area contributed by atoms with Crippen molar-refractivity contribution in [3.8, 4) is 0 Å². The Hall–Kier alpha value is -2.63. The third-order valence-corrected chi connectivity index (χ3v) is 4.24. The van der Waals surface area contributed by atoms with E-state index in [1.54, 1.807) is 11.0 Å². The molecule has 1 fully saturated rings. The lowest BCUT2D eigenvalue weighted by Crippen LogP contribution is -2.31. The predicted octanol–water partition coefficient (Wildman–Crippen LogP) is 2.86. The molecule has 1 amide bonds. The van der Waals surface area contributed by atoms with E-state index in [1.165, 1.54) is 0 Å². The number of amides is 1. The van der Waals surface area contributed by atoms with E-state index in [0.717, 1.165) is 29.9 Å². The van der Waals surface area contributed by atoms with Gasteiger partial charge in [-0.3, -0.25) is 4.79 Å². The molecule has 3 heterocycles. The van der Waals surface area contributed by atoms with Crippen molar-refractivity contribution in [3.63, 3.8) is 0 Å². The lowest BCUT2D eigenvalue weighted by Gasteiger charge is -2.19. The van der Waals surface area contributed by atoms with E-state index in [9.17, 15) is 4.79 Å². The summed E-state index contributed by atoms with van der Waals surface area (Å²) in [6, 6.07) is 7.64. The largest absolute Gasteiger partial charge is 0.360 e. The second-order valence-corrected chi connectivity index (χ2v) is 5.89. The van der Waals surface area contributed by atoms with Gasteiger partial charge in [-0.2, -0.15) is 0 Å². The van der Waals surface area contributed by atoms with Crippen LogP contribution < -0.4 is 0 Å². The fraction of sp³-hybridized carbons (Fsp3) is 0.353. The number of fused-ring (bicyclic) bond motifs is 1. The molecule has 23 heavy (non-hydrogen) atoms. The van der Waals surface area contributed by atoms with Gasteiger partial charge in [0.15, 0.2) is 5.69 Å². The number of nitrogens with zero attached hydrogens (tertiary/aromatic N) is 4. The quantitative estimate of drug-likeness (QED) is 0.727. The minimum absolute atomic E-state index is 0.103. The van der Waals surface area contributed by atoms with Crippen LogP contribution in [0.3, 0.4) is 0 Å². The summed E-state index contributed by atoms with van der Waals surface area (Å²) in [7, 11) is 0. The van der Waals surface area contributed by atoms with Crippen molar-refractivity contribution >= 4 is 11.6 Å². The van der Waals surface area contributed by atoms with E-state index in [4.69, 9.17) is 4.52 Å². The molecule has 6 heteroatoms. The standard InChI is InChI=1S/C17H18N4O2/c1-2-20(11-13-10-18-16-5-3-4-8-21(13)16)17(22)14-9-15(23-19-14)12-6-7-12/h3-5,8-10,12H,2,6-7,11H2,1H3. The van der Waals surface area contributed by atoms with Crippen LogP contribution in [0.1, 0.15) is 47.6 Å². The van der Waals surface area contributed by atoms with Crippen molar-refractivity contribution in [1.29, 1.82) is 0 Å². The molecule has 0 radical (unpaired) electrons. The minimum Gasteiger partial charge on any atom is -0.360 e. The van der Waals surface area contributed by atoms with Gasteiger partial charge in [0.2, 0.25) is 0 Å². The third-order valence-electron chi connectivity index (χ3n) is 4.24. The molecule has 0 N–H and O–H groups in total. The van der Waals surface area contributed by atoms with Gasteiger partial charge in [-0.05, 0) is 31.9 Å². The van der Waals surface area contributed by atoms with Crippen LogP contribution in [0, 0.1) is 0 Å². The van der Waals surface area contributed by atoms with E-state index >= 15 is 0 Å². The summed E-state index contributed by atoms with van der Waals surface area (Å²) < 4.78 is 7.29. The molecule has 3 aromatic rings. The Morgan fingerprint density at radius 2 is 2.30 bits per heavy atom. The molecular weight excluding hydrogens is 292 g/mol. The maximum absolute atomic E-state index is 12.7. The van der Waals surface area contributed by atoms with Crippen molar-refractivity contribution in [3.05, 3.63) is 53.8 Å². The van der Waals surface area contributed by atoms with Crippen molar-refractivity contribution in [2.45, 2.75) is 32.2 Å². The number of pyridine rings is 1. The number of carbonyl (C=O) groups excluding carboxylic acids is 1. The zero-order valence-electron chi connectivity index (χ0n) is 13.0. The maximum Gasteiger partial charge on any atom is 0.276 e. The molecule has 0 unspecified atom stereocenters. The Morgan fingerprint density at radius 3 is 3.09 bits per heavy atom. The van der Waals surface area contributed by atoms with Crippen molar-refractivity contribution in [2.24, 2.45) is 0 Å². The molecular formula is C17H18N4O2. The normalized spacial score (nSPS) is 14.3. The topological polar surface area (TPSA) is 63.6 Å².